The van der Waals surface area contributed by atoms with Crippen LogP contribution in [0.3, 0.4) is 0 Å². The maximum Gasteiger partial charge on any atom is 0.314 e. The molecule has 1 atom stereocenters. The first-order valence-electron chi connectivity index (χ1n) is 5.12. The fourth-order valence-corrected chi connectivity index (χ4v) is 1.04. The molecule has 0 rings (SSSR count). The van der Waals surface area contributed by atoms with Crippen molar-refractivity contribution >= 4 is 5.97 Å². The van der Waals surface area contributed by atoms with Crippen LogP contribution in [-0.2, 0) is 14.3 Å². The SMILES string of the molecule is CCC(C)(COC)C(=O)OCC(C)C. The number of carbonyl (C=O) groups excluding carboxylic acids is 1. The highest BCUT2D eigenvalue weighted by Crippen LogP contribution is 2.23. The fraction of sp³-hybridized carbons (Fsp3) is 0.909. The van der Waals surface area contributed by atoms with Gasteiger partial charge in [-0.1, -0.05) is 20.8 Å². The van der Waals surface area contributed by atoms with Crippen molar-refractivity contribution in [2.45, 2.75) is 34.1 Å². The Balaban J connectivity index is 4.16. The van der Waals surface area contributed by atoms with Crippen LogP contribution in [0.25, 0.3) is 0 Å². The van der Waals surface area contributed by atoms with Gasteiger partial charge in [-0.05, 0) is 19.3 Å². The van der Waals surface area contributed by atoms with Crippen LogP contribution in [0.4, 0.5) is 0 Å². The van der Waals surface area contributed by atoms with Gasteiger partial charge in [0.25, 0.3) is 0 Å². The van der Waals surface area contributed by atoms with Crippen LogP contribution in [0.2, 0.25) is 0 Å². The number of ether oxygens (including phenoxy) is 2. The summed E-state index contributed by atoms with van der Waals surface area (Å²) in [5.74, 6) is 0.221. The van der Waals surface area contributed by atoms with Crippen LogP contribution >= 0.6 is 0 Å². The maximum atomic E-state index is 11.7. The number of rotatable bonds is 6. The van der Waals surface area contributed by atoms with Gasteiger partial charge in [0, 0.05) is 7.11 Å². The van der Waals surface area contributed by atoms with E-state index in [4.69, 9.17) is 9.47 Å². The summed E-state index contributed by atoms with van der Waals surface area (Å²) in [7, 11) is 1.60. The number of methoxy groups -OCH3 is 1. The van der Waals surface area contributed by atoms with Gasteiger partial charge in [-0.15, -0.1) is 0 Å². The molecule has 0 aliphatic rings. The second-order valence-electron chi connectivity index (χ2n) is 4.34. The zero-order valence-corrected chi connectivity index (χ0v) is 9.92. The summed E-state index contributed by atoms with van der Waals surface area (Å²) < 4.78 is 10.2. The molecule has 1 unspecified atom stereocenters. The average molecular weight is 202 g/mol. The molecule has 0 N–H and O–H groups in total. The second kappa shape index (κ2) is 6.02. The quantitative estimate of drug-likeness (QED) is 0.620. The molecule has 84 valence electrons. The molecule has 0 aliphatic carbocycles. The highest BCUT2D eigenvalue weighted by molar-refractivity contribution is 5.76. The Labute approximate surface area is 86.8 Å². The molecule has 0 aromatic heterocycles. The van der Waals surface area contributed by atoms with E-state index in [1.54, 1.807) is 7.11 Å². The summed E-state index contributed by atoms with van der Waals surface area (Å²) in [6.45, 7) is 8.78. The lowest BCUT2D eigenvalue weighted by Crippen LogP contribution is -2.34. The van der Waals surface area contributed by atoms with Crippen molar-refractivity contribution in [1.29, 1.82) is 0 Å². The van der Waals surface area contributed by atoms with Gasteiger partial charge in [0.15, 0.2) is 0 Å². The molecule has 0 bridgehead atoms. The van der Waals surface area contributed by atoms with Crippen LogP contribution in [0.1, 0.15) is 34.1 Å². The summed E-state index contributed by atoms with van der Waals surface area (Å²) in [6.07, 6.45) is 0.734. The predicted molar refractivity (Wildman–Crippen MR) is 56.1 cm³/mol. The van der Waals surface area contributed by atoms with Gasteiger partial charge in [0.05, 0.1) is 18.6 Å². The molecule has 0 aliphatic heterocycles. The van der Waals surface area contributed by atoms with Crippen LogP contribution < -0.4 is 0 Å². The molecule has 0 saturated heterocycles. The van der Waals surface area contributed by atoms with Gasteiger partial charge in [0.1, 0.15) is 0 Å². The average Bonchev–Trinajstić information content (AvgIpc) is 2.14. The van der Waals surface area contributed by atoms with Crippen molar-refractivity contribution in [2.24, 2.45) is 11.3 Å². The zero-order chi connectivity index (χ0) is 11.2. The molecule has 0 fully saturated rings. The summed E-state index contributed by atoms with van der Waals surface area (Å²) in [5, 5.41) is 0. The lowest BCUT2D eigenvalue weighted by atomic mass is 9.89. The Bertz CT molecular complexity index is 177. The molecule has 0 heterocycles. The normalized spacial score (nSPS) is 15.3. The zero-order valence-electron chi connectivity index (χ0n) is 9.92. The maximum absolute atomic E-state index is 11.7. The summed E-state index contributed by atoms with van der Waals surface area (Å²) in [4.78, 5) is 11.7. The van der Waals surface area contributed by atoms with E-state index in [2.05, 4.69) is 0 Å². The highest BCUT2D eigenvalue weighted by atomic mass is 16.5. The smallest absolute Gasteiger partial charge is 0.314 e. The Morgan fingerprint density at radius 1 is 1.43 bits per heavy atom. The lowest BCUT2D eigenvalue weighted by Gasteiger charge is -2.25. The third-order valence-electron chi connectivity index (χ3n) is 2.28. The molecular weight excluding hydrogens is 180 g/mol. The molecule has 0 aromatic rings. The summed E-state index contributed by atoms with van der Waals surface area (Å²) >= 11 is 0. The summed E-state index contributed by atoms with van der Waals surface area (Å²) in [6, 6.07) is 0. The van der Waals surface area contributed by atoms with Crippen molar-refractivity contribution < 1.29 is 14.3 Å². The van der Waals surface area contributed by atoms with Crippen molar-refractivity contribution in [1.82, 2.24) is 0 Å². The molecule has 0 radical (unpaired) electrons. The van der Waals surface area contributed by atoms with Crippen LogP contribution in [-0.4, -0.2) is 26.3 Å². The van der Waals surface area contributed by atoms with Crippen molar-refractivity contribution in [3.8, 4) is 0 Å². The third-order valence-corrected chi connectivity index (χ3v) is 2.28. The van der Waals surface area contributed by atoms with E-state index in [1.807, 2.05) is 27.7 Å². The Kier molecular flexibility index (Phi) is 5.77. The third kappa shape index (κ3) is 4.09. The van der Waals surface area contributed by atoms with E-state index < -0.39 is 5.41 Å². The Morgan fingerprint density at radius 2 is 2.00 bits per heavy atom. The van der Waals surface area contributed by atoms with Gasteiger partial charge >= 0.3 is 5.97 Å². The predicted octanol–water partition coefficient (Wildman–Crippen LogP) is 2.25. The van der Waals surface area contributed by atoms with Crippen LogP contribution in [0, 0.1) is 11.3 Å². The van der Waals surface area contributed by atoms with Gasteiger partial charge in [-0.3, -0.25) is 4.79 Å². The molecule has 3 nitrogen and oxygen atoms in total. The second-order valence-corrected chi connectivity index (χ2v) is 4.34. The topological polar surface area (TPSA) is 35.5 Å². The largest absolute Gasteiger partial charge is 0.465 e. The van der Waals surface area contributed by atoms with Crippen LogP contribution in [0.15, 0.2) is 0 Å². The summed E-state index contributed by atoms with van der Waals surface area (Å²) in [5.41, 5.74) is -0.496. The molecule has 3 heteroatoms. The van der Waals surface area contributed by atoms with Gasteiger partial charge in [0.2, 0.25) is 0 Å². The number of hydrogen-bond donors (Lipinski definition) is 0. The van der Waals surface area contributed by atoms with Crippen LogP contribution in [0.5, 0.6) is 0 Å². The monoisotopic (exact) mass is 202 g/mol. The number of hydrogen-bond acceptors (Lipinski definition) is 3. The van der Waals surface area contributed by atoms with Gasteiger partial charge in [-0.2, -0.15) is 0 Å². The molecular formula is C11H22O3. The van der Waals surface area contributed by atoms with E-state index in [0.717, 1.165) is 6.42 Å². The minimum absolute atomic E-state index is 0.157. The van der Waals surface area contributed by atoms with E-state index >= 15 is 0 Å². The fourth-order valence-electron chi connectivity index (χ4n) is 1.04. The van der Waals surface area contributed by atoms with Crippen molar-refractivity contribution in [3.63, 3.8) is 0 Å². The van der Waals surface area contributed by atoms with E-state index in [1.165, 1.54) is 0 Å². The first kappa shape index (κ1) is 13.4. The van der Waals surface area contributed by atoms with Gasteiger partial charge in [-0.25, -0.2) is 0 Å². The van der Waals surface area contributed by atoms with E-state index in [0.29, 0.717) is 19.1 Å². The van der Waals surface area contributed by atoms with Crippen molar-refractivity contribution in [3.05, 3.63) is 0 Å². The number of esters is 1. The minimum Gasteiger partial charge on any atom is -0.465 e. The first-order valence-corrected chi connectivity index (χ1v) is 5.12. The first-order chi connectivity index (χ1) is 6.46. The lowest BCUT2D eigenvalue weighted by molar-refractivity contribution is -0.159. The molecule has 0 spiro atoms. The van der Waals surface area contributed by atoms with E-state index in [9.17, 15) is 4.79 Å². The van der Waals surface area contributed by atoms with Crippen molar-refractivity contribution in [2.75, 3.05) is 20.3 Å². The molecule has 0 aromatic carbocycles. The van der Waals surface area contributed by atoms with E-state index in [-0.39, 0.29) is 5.97 Å². The molecule has 14 heavy (non-hydrogen) atoms. The van der Waals surface area contributed by atoms with Gasteiger partial charge < -0.3 is 9.47 Å². The Hall–Kier alpha value is -0.570. The number of carbonyl (C=O) groups is 1. The molecule has 0 amide bonds. The molecule has 0 saturated carbocycles. The Morgan fingerprint density at radius 3 is 2.36 bits per heavy atom. The minimum atomic E-state index is -0.496. The highest BCUT2D eigenvalue weighted by Gasteiger charge is 2.33. The standard InChI is InChI=1S/C11H22O3/c1-6-11(4,8-13-5)10(12)14-7-9(2)3/h9H,6-8H2,1-5H3.